The van der Waals surface area contributed by atoms with Crippen molar-refractivity contribution in [2.75, 3.05) is 7.11 Å². The first kappa shape index (κ1) is 16.7. The highest BCUT2D eigenvalue weighted by atomic mass is 16.5. The van der Waals surface area contributed by atoms with Gasteiger partial charge in [0.15, 0.2) is 0 Å². The molecule has 1 atom stereocenters. The Hall–Kier alpha value is -3.15. The highest BCUT2D eigenvalue weighted by molar-refractivity contribution is 5.79. The molecule has 3 aromatic rings. The largest absolute Gasteiger partial charge is 0.497 e. The fourth-order valence-corrected chi connectivity index (χ4v) is 2.56. The van der Waals surface area contributed by atoms with Crippen LogP contribution in [0.4, 0.5) is 0 Å². The number of aromatic nitrogens is 3. The Labute approximate surface area is 146 Å². The molecule has 1 N–H and O–H groups in total. The number of methoxy groups -OCH3 is 1. The van der Waals surface area contributed by atoms with E-state index in [1.807, 2.05) is 55.5 Å². The van der Waals surface area contributed by atoms with Crippen LogP contribution in [0.1, 0.15) is 24.1 Å². The molecule has 0 aliphatic heterocycles. The second-order valence-corrected chi connectivity index (χ2v) is 5.75. The van der Waals surface area contributed by atoms with E-state index in [2.05, 4.69) is 15.4 Å². The van der Waals surface area contributed by atoms with Crippen molar-refractivity contribution in [2.45, 2.75) is 19.4 Å². The highest BCUT2D eigenvalue weighted by Crippen LogP contribution is 2.16. The van der Waals surface area contributed by atoms with Crippen LogP contribution in [-0.4, -0.2) is 27.8 Å². The van der Waals surface area contributed by atoms with E-state index in [4.69, 9.17) is 4.74 Å². The molecule has 0 radical (unpaired) electrons. The maximum atomic E-state index is 12.2. The molecular formula is C19H20N4O2. The van der Waals surface area contributed by atoms with Gasteiger partial charge in [-0.3, -0.25) is 4.79 Å². The Bertz CT molecular complexity index is 812. The van der Waals surface area contributed by atoms with E-state index in [0.717, 1.165) is 22.6 Å². The van der Waals surface area contributed by atoms with Crippen LogP contribution in [0.5, 0.6) is 5.75 Å². The Morgan fingerprint density at radius 3 is 2.48 bits per heavy atom. The van der Waals surface area contributed by atoms with Crippen LogP contribution in [0.15, 0.2) is 61.2 Å². The summed E-state index contributed by atoms with van der Waals surface area (Å²) >= 11 is 0. The first-order chi connectivity index (χ1) is 12.2. The van der Waals surface area contributed by atoms with Gasteiger partial charge in [0.25, 0.3) is 0 Å². The van der Waals surface area contributed by atoms with Gasteiger partial charge in [0.2, 0.25) is 5.91 Å². The van der Waals surface area contributed by atoms with Crippen LogP contribution in [0.3, 0.4) is 0 Å². The third kappa shape index (κ3) is 4.23. The zero-order valence-corrected chi connectivity index (χ0v) is 14.2. The molecule has 0 spiro atoms. The number of rotatable bonds is 6. The number of amides is 1. The van der Waals surface area contributed by atoms with Crippen molar-refractivity contribution in [3.05, 3.63) is 72.3 Å². The lowest BCUT2D eigenvalue weighted by molar-refractivity contribution is -0.121. The van der Waals surface area contributed by atoms with Crippen LogP contribution in [0.25, 0.3) is 5.69 Å². The van der Waals surface area contributed by atoms with Gasteiger partial charge in [0.05, 0.1) is 25.3 Å². The van der Waals surface area contributed by atoms with Crippen LogP contribution in [0, 0.1) is 0 Å². The lowest BCUT2D eigenvalue weighted by Crippen LogP contribution is -2.28. The first-order valence-electron chi connectivity index (χ1n) is 8.03. The van der Waals surface area contributed by atoms with E-state index in [9.17, 15) is 4.79 Å². The van der Waals surface area contributed by atoms with Crippen molar-refractivity contribution < 1.29 is 9.53 Å². The number of nitrogens with zero attached hydrogens (tertiary/aromatic N) is 3. The Morgan fingerprint density at radius 2 is 1.88 bits per heavy atom. The number of carbonyl (C=O) groups excluding carboxylic acids is 1. The number of nitrogens with one attached hydrogen (secondary N) is 1. The summed E-state index contributed by atoms with van der Waals surface area (Å²) in [5.74, 6) is 0.767. The monoisotopic (exact) mass is 336 g/mol. The van der Waals surface area contributed by atoms with Crippen molar-refractivity contribution >= 4 is 5.91 Å². The number of benzene rings is 2. The van der Waals surface area contributed by atoms with Crippen molar-refractivity contribution in [1.82, 2.24) is 20.1 Å². The van der Waals surface area contributed by atoms with Crippen LogP contribution in [0.2, 0.25) is 0 Å². The summed E-state index contributed by atoms with van der Waals surface area (Å²) in [6.07, 6.45) is 3.48. The molecule has 0 aliphatic carbocycles. The smallest absolute Gasteiger partial charge is 0.224 e. The van der Waals surface area contributed by atoms with E-state index < -0.39 is 0 Å². The van der Waals surface area contributed by atoms with Crippen LogP contribution >= 0.6 is 0 Å². The second kappa shape index (κ2) is 7.61. The summed E-state index contributed by atoms with van der Waals surface area (Å²) < 4.78 is 6.81. The van der Waals surface area contributed by atoms with Gasteiger partial charge in [0, 0.05) is 0 Å². The predicted octanol–water partition coefficient (Wildman–Crippen LogP) is 2.70. The second-order valence-electron chi connectivity index (χ2n) is 5.75. The van der Waals surface area contributed by atoms with Gasteiger partial charge in [-0.25, -0.2) is 9.67 Å². The van der Waals surface area contributed by atoms with Crippen molar-refractivity contribution in [3.63, 3.8) is 0 Å². The van der Waals surface area contributed by atoms with E-state index in [-0.39, 0.29) is 11.9 Å². The van der Waals surface area contributed by atoms with Gasteiger partial charge in [-0.05, 0) is 42.3 Å². The number of hydrogen-bond donors (Lipinski definition) is 1. The summed E-state index contributed by atoms with van der Waals surface area (Å²) in [6, 6.07) is 15.3. The maximum absolute atomic E-state index is 12.2. The van der Waals surface area contributed by atoms with Gasteiger partial charge < -0.3 is 10.1 Å². The topological polar surface area (TPSA) is 69.0 Å². The molecule has 1 amide bonds. The summed E-state index contributed by atoms with van der Waals surface area (Å²) in [5.41, 5.74) is 2.91. The Kier molecular flexibility index (Phi) is 5.09. The van der Waals surface area contributed by atoms with Gasteiger partial charge in [0.1, 0.15) is 18.4 Å². The predicted molar refractivity (Wildman–Crippen MR) is 94.6 cm³/mol. The molecule has 0 bridgehead atoms. The zero-order chi connectivity index (χ0) is 17.6. The Morgan fingerprint density at radius 1 is 1.16 bits per heavy atom. The Balaban J connectivity index is 1.59. The molecule has 1 heterocycles. The van der Waals surface area contributed by atoms with E-state index in [1.165, 1.54) is 6.33 Å². The molecule has 3 rings (SSSR count). The SMILES string of the molecule is COc1ccc(CC(=O)NC(C)c2ccc(-n3cncn3)cc2)cc1. The highest BCUT2D eigenvalue weighted by Gasteiger charge is 2.10. The van der Waals surface area contributed by atoms with Crippen LogP contribution < -0.4 is 10.1 Å². The maximum Gasteiger partial charge on any atom is 0.224 e. The van der Waals surface area contributed by atoms with E-state index in [0.29, 0.717) is 6.42 Å². The molecule has 0 saturated heterocycles. The minimum atomic E-state index is -0.0736. The zero-order valence-electron chi connectivity index (χ0n) is 14.2. The fraction of sp³-hybridized carbons (Fsp3) is 0.211. The van der Waals surface area contributed by atoms with Crippen molar-refractivity contribution in [1.29, 1.82) is 0 Å². The van der Waals surface area contributed by atoms with Gasteiger partial charge in [-0.1, -0.05) is 24.3 Å². The van der Waals surface area contributed by atoms with Gasteiger partial charge in [-0.15, -0.1) is 0 Å². The van der Waals surface area contributed by atoms with E-state index >= 15 is 0 Å². The fourth-order valence-electron chi connectivity index (χ4n) is 2.56. The molecule has 25 heavy (non-hydrogen) atoms. The number of carbonyl (C=O) groups is 1. The molecule has 6 nitrogen and oxygen atoms in total. The van der Waals surface area contributed by atoms with Crippen molar-refractivity contribution in [3.8, 4) is 11.4 Å². The third-order valence-electron chi connectivity index (χ3n) is 3.98. The standard InChI is InChI=1S/C19H20N4O2/c1-14(16-5-7-17(8-6-16)23-13-20-12-21-23)22-19(24)11-15-3-9-18(25-2)10-4-15/h3-10,12-14H,11H2,1-2H3,(H,22,24). The van der Waals surface area contributed by atoms with Crippen LogP contribution in [-0.2, 0) is 11.2 Å². The molecule has 1 aromatic heterocycles. The average molecular weight is 336 g/mol. The third-order valence-corrected chi connectivity index (χ3v) is 3.98. The molecule has 1 unspecified atom stereocenters. The normalized spacial score (nSPS) is 11.8. The number of hydrogen-bond acceptors (Lipinski definition) is 4. The lowest BCUT2D eigenvalue weighted by Gasteiger charge is -2.15. The first-order valence-corrected chi connectivity index (χ1v) is 8.03. The molecule has 0 saturated carbocycles. The minimum Gasteiger partial charge on any atom is -0.497 e. The van der Waals surface area contributed by atoms with Crippen molar-refractivity contribution in [2.24, 2.45) is 0 Å². The molecule has 2 aromatic carbocycles. The molecule has 128 valence electrons. The average Bonchev–Trinajstić information content (AvgIpc) is 3.17. The summed E-state index contributed by atoms with van der Waals surface area (Å²) in [5, 5.41) is 7.12. The molecule has 0 fully saturated rings. The lowest BCUT2D eigenvalue weighted by atomic mass is 10.1. The van der Waals surface area contributed by atoms with E-state index in [1.54, 1.807) is 18.1 Å². The summed E-state index contributed by atoms with van der Waals surface area (Å²) in [6.45, 7) is 1.97. The number of ether oxygens (including phenoxy) is 1. The van der Waals surface area contributed by atoms with Gasteiger partial charge >= 0.3 is 0 Å². The molecule has 0 aliphatic rings. The minimum absolute atomic E-state index is 0.0157. The van der Waals surface area contributed by atoms with Gasteiger partial charge in [-0.2, -0.15) is 5.10 Å². The quantitative estimate of drug-likeness (QED) is 0.751. The summed E-state index contributed by atoms with van der Waals surface area (Å²) in [7, 11) is 1.62. The molecule has 6 heteroatoms. The molecular weight excluding hydrogens is 316 g/mol. The summed E-state index contributed by atoms with van der Waals surface area (Å²) in [4.78, 5) is 16.2.